The molecule has 0 bridgehead atoms. The molecule has 0 saturated heterocycles. The lowest BCUT2D eigenvalue weighted by molar-refractivity contribution is 0.0600. The Hall–Kier alpha value is -1.68. The number of methoxy groups -OCH3 is 1. The summed E-state index contributed by atoms with van der Waals surface area (Å²) in [7, 11) is 1.28. The molecule has 2 N–H and O–H groups in total. The third-order valence-electron chi connectivity index (χ3n) is 1.85. The molecule has 0 radical (unpaired) electrons. The van der Waals surface area contributed by atoms with Gasteiger partial charge in [-0.05, 0) is 18.2 Å². The van der Waals surface area contributed by atoms with E-state index < -0.39 is 11.8 Å². The highest BCUT2D eigenvalue weighted by atomic mass is 19.1. The second-order valence-corrected chi connectivity index (χ2v) is 2.87. The molecule has 80 valence electrons. The van der Waals surface area contributed by atoms with E-state index in [2.05, 4.69) is 4.74 Å². The molecule has 15 heavy (non-hydrogen) atoms. The number of rotatable bonds is 3. The Bertz CT molecular complexity index is 388. The predicted molar refractivity (Wildman–Crippen MR) is 55.8 cm³/mol. The van der Waals surface area contributed by atoms with Crippen molar-refractivity contribution in [3.8, 4) is 0 Å². The Kier molecular flexibility index (Phi) is 4.00. The fourth-order valence-electron chi connectivity index (χ4n) is 1.11. The van der Waals surface area contributed by atoms with Gasteiger partial charge in [-0.2, -0.15) is 0 Å². The standard InChI is InChI=1S/C11H12FNO2/c1-15-11(14)9-4-5-10(12)8(7-9)3-2-6-13/h2-5,7H,6,13H2,1H3. The number of carbonyl (C=O) groups is 1. The third kappa shape index (κ3) is 2.89. The van der Waals surface area contributed by atoms with Crippen molar-refractivity contribution >= 4 is 12.0 Å². The number of esters is 1. The van der Waals surface area contributed by atoms with Crippen LogP contribution < -0.4 is 5.73 Å². The maximum absolute atomic E-state index is 13.2. The van der Waals surface area contributed by atoms with Crippen LogP contribution in [0.3, 0.4) is 0 Å². The molecule has 0 aliphatic carbocycles. The molecule has 0 spiro atoms. The van der Waals surface area contributed by atoms with Gasteiger partial charge in [0.15, 0.2) is 0 Å². The number of hydrogen-bond acceptors (Lipinski definition) is 3. The Labute approximate surface area is 87.3 Å². The molecule has 3 nitrogen and oxygen atoms in total. The largest absolute Gasteiger partial charge is 0.465 e. The lowest BCUT2D eigenvalue weighted by Gasteiger charge is -2.01. The van der Waals surface area contributed by atoms with E-state index in [9.17, 15) is 9.18 Å². The maximum Gasteiger partial charge on any atom is 0.337 e. The fourth-order valence-corrected chi connectivity index (χ4v) is 1.11. The lowest BCUT2D eigenvalue weighted by Crippen LogP contribution is -2.02. The number of hydrogen-bond donors (Lipinski definition) is 1. The van der Waals surface area contributed by atoms with Crippen LogP contribution in [0.5, 0.6) is 0 Å². The minimum Gasteiger partial charge on any atom is -0.465 e. The molecule has 0 saturated carbocycles. The molecule has 1 aromatic rings. The molecular formula is C11H12FNO2. The van der Waals surface area contributed by atoms with Gasteiger partial charge < -0.3 is 10.5 Å². The monoisotopic (exact) mass is 209 g/mol. The van der Waals surface area contributed by atoms with Gasteiger partial charge in [0.05, 0.1) is 12.7 Å². The van der Waals surface area contributed by atoms with E-state index in [4.69, 9.17) is 5.73 Å². The molecular weight excluding hydrogens is 197 g/mol. The van der Waals surface area contributed by atoms with Gasteiger partial charge in [0.2, 0.25) is 0 Å². The Balaban J connectivity index is 3.05. The van der Waals surface area contributed by atoms with E-state index in [1.165, 1.54) is 31.4 Å². The van der Waals surface area contributed by atoms with Crippen LogP contribution in [0.1, 0.15) is 15.9 Å². The van der Waals surface area contributed by atoms with Crippen LogP contribution in [0.25, 0.3) is 6.08 Å². The smallest absolute Gasteiger partial charge is 0.337 e. The van der Waals surface area contributed by atoms with Crippen molar-refractivity contribution in [3.63, 3.8) is 0 Å². The van der Waals surface area contributed by atoms with E-state index in [-0.39, 0.29) is 0 Å². The average molecular weight is 209 g/mol. The SMILES string of the molecule is COC(=O)c1ccc(F)c(C=CCN)c1. The van der Waals surface area contributed by atoms with Crippen LogP contribution in [-0.4, -0.2) is 19.6 Å². The van der Waals surface area contributed by atoms with Crippen LogP contribution in [0, 0.1) is 5.82 Å². The second kappa shape index (κ2) is 5.26. The molecule has 4 heteroatoms. The van der Waals surface area contributed by atoms with Crippen molar-refractivity contribution < 1.29 is 13.9 Å². The lowest BCUT2D eigenvalue weighted by atomic mass is 10.1. The van der Waals surface area contributed by atoms with Gasteiger partial charge in [0.25, 0.3) is 0 Å². The van der Waals surface area contributed by atoms with Crippen LogP contribution in [0.15, 0.2) is 24.3 Å². The van der Waals surface area contributed by atoms with E-state index in [0.29, 0.717) is 17.7 Å². The van der Waals surface area contributed by atoms with Crippen molar-refractivity contribution in [2.75, 3.05) is 13.7 Å². The minimum atomic E-state index is -0.489. The molecule has 0 aliphatic heterocycles. The summed E-state index contributed by atoms with van der Waals surface area (Å²) in [6.07, 6.45) is 3.14. The first-order valence-electron chi connectivity index (χ1n) is 4.43. The summed E-state index contributed by atoms with van der Waals surface area (Å²) in [6, 6.07) is 4.02. The van der Waals surface area contributed by atoms with Gasteiger partial charge in [-0.3, -0.25) is 0 Å². The summed E-state index contributed by atoms with van der Waals surface area (Å²) in [5.74, 6) is -0.884. The normalized spacial score (nSPS) is 10.6. The molecule has 1 aromatic carbocycles. The van der Waals surface area contributed by atoms with Crippen LogP contribution >= 0.6 is 0 Å². The maximum atomic E-state index is 13.2. The van der Waals surface area contributed by atoms with Gasteiger partial charge >= 0.3 is 5.97 Å². The zero-order chi connectivity index (χ0) is 11.3. The summed E-state index contributed by atoms with van der Waals surface area (Å²) >= 11 is 0. The van der Waals surface area contributed by atoms with E-state index >= 15 is 0 Å². The van der Waals surface area contributed by atoms with Gasteiger partial charge in [0.1, 0.15) is 5.82 Å². The van der Waals surface area contributed by atoms with Gasteiger partial charge in [0, 0.05) is 12.1 Å². The minimum absolute atomic E-state index is 0.315. The first kappa shape index (κ1) is 11.4. The molecule has 0 unspecified atom stereocenters. The topological polar surface area (TPSA) is 52.3 Å². The van der Waals surface area contributed by atoms with Gasteiger partial charge in [-0.1, -0.05) is 12.2 Å². The van der Waals surface area contributed by atoms with Crippen LogP contribution in [0.2, 0.25) is 0 Å². The van der Waals surface area contributed by atoms with Crippen LogP contribution in [-0.2, 0) is 4.74 Å². The molecule has 0 aliphatic rings. The highest BCUT2D eigenvalue weighted by Crippen LogP contribution is 2.13. The number of carbonyl (C=O) groups excluding carboxylic acids is 1. The van der Waals surface area contributed by atoms with Crippen LogP contribution in [0.4, 0.5) is 4.39 Å². The van der Waals surface area contributed by atoms with E-state index in [0.717, 1.165) is 0 Å². The molecule has 0 heterocycles. The highest BCUT2D eigenvalue weighted by Gasteiger charge is 2.07. The molecule has 0 amide bonds. The summed E-state index contributed by atoms with van der Waals surface area (Å²) in [5.41, 5.74) is 5.89. The third-order valence-corrected chi connectivity index (χ3v) is 1.85. The van der Waals surface area contributed by atoms with Crippen molar-refractivity contribution in [2.24, 2.45) is 5.73 Å². The number of benzene rings is 1. The number of halogens is 1. The fraction of sp³-hybridized carbons (Fsp3) is 0.182. The summed E-state index contributed by atoms with van der Waals surface area (Å²) in [4.78, 5) is 11.2. The number of ether oxygens (including phenoxy) is 1. The zero-order valence-electron chi connectivity index (χ0n) is 8.37. The van der Waals surface area contributed by atoms with E-state index in [1.807, 2.05) is 0 Å². The Morgan fingerprint density at radius 2 is 2.33 bits per heavy atom. The summed E-state index contributed by atoms with van der Waals surface area (Å²) in [6.45, 7) is 0.321. The summed E-state index contributed by atoms with van der Waals surface area (Å²) in [5, 5.41) is 0. The first-order valence-corrected chi connectivity index (χ1v) is 4.43. The van der Waals surface area contributed by atoms with Crippen molar-refractivity contribution in [3.05, 3.63) is 41.2 Å². The highest BCUT2D eigenvalue weighted by molar-refractivity contribution is 5.90. The zero-order valence-corrected chi connectivity index (χ0v) is 8.37. The van der Waals surface area contributed by atoms with Crippen molar-refractivity contribution in [1.82, 2.24) is 0 Å². The average Bonchev–Trinajstić information content (AvgIpc) is 2.27. The first-order chi connectivity index (χ1) is 7.19. The quantitative estimate of drug-likeness (QED) is 0.769. The number of nitrogens with two attached hydrogens (primary N) is 1. The molecule has 0 fully saturated rings. The molecule has 0 atom stereocenters. The predicted octanol–water partition coefficient (Wildman–Crippen LogP) is 1.58. The molecule has 1 rings (SSSR count). The summed E-state index contributed by atoms with van der Waals surface area (Å²) < 4.78 is 17.7. The van der Waals surface area contributed by atoms with E-state index in [1.54, 1.807) is 6.08 Å². The van der Waals surface area contributed by atoms with Gasteiger partial charge in [-0.25, -0.2) is 9.18 Å². The second-order valence-electron chi connectivity index (χ2n) is 2.87. The molecule has 0 aromatic heterocycles. The van der Waals surface area contributed by atoms with Crippen molar-refractivity contribution in [1.29, 1.82) is 0 Å². The Morgan fingerprint density at radius 3 is 2.93 bits per heavy atom. The van der Waals surface area contributed by atoms with Crippen molar-refractivity contribution in [2.45, 2.75) is 0 Å². The van der Waals surface area contributed by atoms with Gasteiger partial charge in [-0.15, -0.1) is 0 Å². The Morgan fingerprint density at radius 1 is 1.60 bits per heavy atom.